The summed E-state index contributed by atoms with van der Waals surface area (Å²) in [5.74, 6) is 1.41. The first-order chi connectivity index (χ1) is 9.40. The molecule has 1 aromatic carbocycles. The van der Waals surface area contributed by atoms with Gasteiger partial charge in [-0.15, -0.1) is 5.10 Å². The van der Waals surface area contributed by atoms with Gasteiger partial charge in [0.1, 0.15) is 6.54 Å². The summed E-state index contributed by atoms with van der Waals surface area (Å²) in [7, 11) is 0. The molecule has 1 atom stereocenters. The zero-order valence-electron chi connectivity index (χ0n) is 11.8. The molecule has 2 aromatic rings. The van der Waals surface area contributed by atoms with Gasteiger partial charge < -0.3 is 27.5 Å². The Morgan fingerprint density at radius 2 is 1.90 bits per heavy atom. The summed E-state index contributed by atoms with van der Waals surface area (Å²) in [6.07, 6.45) is 4.69. The van der Waals surface area contributed by atoms with E-state index in [9.17, 15) is 0 Å². The van der Waals surface area contributed by atoms with Gasteiger partial charge in [0, 0.05) is 29.5 Å². The molecule has 0 radical (unpaired) electrons. The van der Waals surface area contributed by atoms with Crippen LogP contribution < -0.4 is 22.0 Å². The van der Waals surface area contributed by atoms with E-state index in [1.165, 1.54) is 25.9 Å². The fraction of sp³-hybridized carbons (Fsp3) is 0.467. The number of benzene rings is 1. The van der Waals surface area contributed by atoms with Crippen molar-refractivity contribution in [2.45, 2.75) is 18.9 Å². The van der Waals surface area contributed by atoms with Gasteiger partial charge in [0.15, 0.2) is 6.10 Å². The summed E-state index contributed by atoms with van der Waals surface area (Å²) in [6, 6.07) is 8.16. The van der Waals surface area contributed by atoms with Crippen molar-refractivity contribution in [2.24, 2.45) is 5.92 Å². The Morgan fingerprint density at radius 3 is 2.62 bits per heavy atom. The Bertz CT molecular complexity index is 597. The first kappa shape index (κ1) is 15.9. The molecule has 21 heavy (non-hydrogen) atoms. The van der Waals surface area contributed by atoms with Gasteiger partial charge in [-0.1, -0.05) is 18.2 Å². The summed E-state index contributed by atoms with van der Waals surface area (Å²) in [5.41, 5.74) is 0. The van der Waals surface area contributed by atoms with E-state index in [0.29, 0.717) is 17.9 Å². The predicted octanol–water partition coefficient (Wildman–Crippen LogP) is -3.13. The number of ether oxygens (including phenoxy) is 1. The predicted molar refractivity (Wildman–Crippen MR) is 75.9 cm³/mol. The number of hydrogen-bond acceptors (Lipinski definition) is 3. The Kier molecular flexibility index (Phi) is 4.98. The van der Waals surface area contributed by atoms with Gasteiger partial charge in [-0.05, 0) is 6.07 Å². The summed E-state index contributed by atoms with van der Waals surface area (Å²) < 4.78 is 6.21. The zero-order valence-corrected chi connectivity index (χ0v) is 12.5. The highest BCUT2D eigenvalue weighted by Crippen LogP contribution is 2.27. The third-order valence-corrected chi connectivity index (χ3v) is 4.55. The highest BCUT2D eigenvalue weighted by molar-refractivity contribution is 5.85. The number of halogens is 1. The second kappa shape index (κ2) is 6.56. The van der Waals surface area contributed by atoms with Crippen molar-refractivity contribution in [3.05, 3.63) is 30.5 Å². The van der Waals surface area contributed by atoms with Crippen molar-refractivity contribution in [3.63, 3.8) is 0 Å². The Hall–Kier alpha value is -1.43. The van der Waals surface area contributed by atoms with Crippen LogP contribution >= 0.6 is 0 Å². The summed E-state index contributed by atoms with van der Waals surface area (Å²) in [6.45, 7) is 3.74. The first-order valence-corrected chi connectivity index (χ1v) is 7.11. The van der Waals surface area contributed by atoms with E-state index in [1.807, 2.05) is 12.1 Å². The molecule has 114 valence electrons. The van der Waals surface area contributed by atoms with Crippen molar-refractivity contribution in [3.8, 4) is 5.88 Å². The van der Waals surface area contributed by atoms with Crippen LogP contribution in [0.1, 0.15) is 12.8 Å². The maximum absolute atomic E-state index is 6.21. The lowest BCUT2D eigenvalue weighted by Gasteiger charge is -2.41. The number of fused-ring (bicyclic) bond motifs is 4. The Morgan fingerprint density at radius 1 is 1.14 bits per heavy atom. The third-order valence-electron chi connectivity index (χ3n) is 4.55. The number of nitrogens with one attached hydrogen (secondary N) is 1. The monoisotopic (exact) mass is 309 g/mol. The van der Waals surface area contributed by atoms with Gasteiger partial charge in [-0.2, -0.15) is 5.10 Å². The molecule has 3 aliphatic heterocycles. The van der Waals surface area contributed by atoms with E-state index in [0.717, 1.165) is 17.3 Å². The Labute approximate surface area is 130 Å². The van der Waals surface area contributed by atoms with Crippen LogP contribution in [-0.2, 0) is 0 Å². The molecule has 3 saturated heterocycles. The van der Waals surface area contributed by atoms with Crippen LogP contribution in [0.15, 0.2) is 30.5 Å². The van der Waals surface area contributed by atoms with Crippen LogP contribution in [-0.4, -0.2) is 41.4 Å². The number of nitrogens with zero attached hydrogens (tertiary/aromatic N) is 2. The lowest BCUT2D eigenvalue weighted by atomic mass is 9.86. The molecule has 0 amide bonds. The van der Waals surface area contributed by atoms with Crippen LogP contribution in [0.3, 0.4) is 0 Å². The molecular weight excluding hydrogens is 290 g/mol. The zero-order chi connectivity index (χ0) is 12.7. The number of piperidine rings is 3. The highest BCUT2D eigenvalue weighted by Gasteiger charge is 2.39. The molecule has 3 aliphatic rings. The molecular formula is C15H20ClN3O2. The number of quaternary nitrogens is 1. The molecule has 4 heterocycles. The van der Waals surface area contributed by atoms with Crippen molar-refractivity contribution in [1.82, 2.24) is 10.2 Å². The van der Waals surface area contributed by atoms with Gasteiger partial charge in [0.05, 0.1) is 19.3 Å². The molecule has 3 fully saturated rings. The molecule has 0 spiro atoms. The molecule has 3 N–H and O–H groups in total. The molecule has 0 aliphatic carbocycles. The minimum atomic E-state index is 0. The van der Waals surface area contributed by atoms with Gasteiger partial charge in [0.2, 0.25) is 5.88 Å². The van der Waals surface area contributed by atoms with Gasteiger partial charge in [-0.25, -0.2) is 0 Å². The molecule has 1 aromatic heterocycles. The number of aromatic nitrogens is 2. The summed E-state index contributed by atoms with van der Waals surface area (Å²) in [5, 5.41) is 10.4. The van der Waals surface area contributed by atoms with Crippen molar-refractivity contribution in [1.29, 1.82) is 0 Å². The fourth-order valence-electron chi connectivity index (χ4n) is 3.45. The van der Waals surface area contributed by atoms with Gasteiger partial charge in [-0.3, -0.25) is 0 Å². The second-order valence-corrected chi connectivity index (χ2v) is 5.68. The van der Waals surface area contributed by atoms with E-state index in [1.54, 1.807) is 11.1 Å². The van der Waals surface area contributed by atoms with E-state index < -0.39 is 0 Å². The fourth-order valence-corrected chi connectivity index (χ4v) is 3.45. The topological polar surface area (TPSA) is 71.0 Å². The molecule has 0 saturated carbocycles. The number of rotatable bonds is 2. The van der Waals surface area contributed by atoms with E-state index in [2.05, 4.69) is 22.3 Å². The van der Waals surface area contributed by atoms with Crippen molar-refractivity contribution >= 4 is 10.8 Å². The average Bonchev–Trinajstić information content (AvgIpc) is 2.49. The highest BCUT2D eigenvalue weighted by atomic mass is 35.5. The standard InChI is InChI=1S/C15H17N3O.ClH.H2O/c1-2-4-13-12(3-1)9-16-17-15(13)19-14-10-18-7-5-11(14)6-8-18;;/h1-4,9,11,14H,5-8,10H2;1H;1H2. The van der Waals surface area contributed by atoms with Crippen LogP contribution in [0, 0.1) is 5.92 Å². The smallest absolute Gasteiger partial charge is 0.241 e. The molecule has 1 unspecified atom stereocenters. The van der Waals surface area contributed by atoms with Crippen molar-refractivity contribution in [2.75, 3.05) is 19.6 Å². The normalized spacial score (nSPS) is 26.8. The van der Waals surface area contributed by atoms with Crippen LogP contribution in [0.25, 0.3) is 10.8 Å². The largest absolute Gasteiger partial charge is 1.00 e. The lowest BCUT2D eigenvalue weighted by molar-refractivity contribution is -0.920. The minimum Gasteiger partial charge on any atom is -1.00 e. The lowest BCUT2D eigenvalue weighted by Crippen LogP contribution is -3.16. The first-order valence-electron chi connectivity index (χ1n) is 7.11. The van der Waals surface area contributed by atoms with Crippen LogP contribution in [0.5, 0.6) is 5.88 Å². The van der Waals surface area contributed by atoms with E-state index in [-0.39, 0.29) is 17.9 Å². The SMILES string of the molecule is O.[Cl-].c1ccc2c(OC3C[NH+]4CCC3CC4)nncc2c1. The van der Waals surface area contributed by atoms with Gasteiger partial charge >= 0.3 is 0 Å². The Balaban J connectivity index is 0.000000807. The van der Waals surface area contributed by atoms with Gasteiger partial charge in [0.25, 0.3) is 0 Å². The van der Waals surface area contributed by atoms with Crippen LogP contribution in [0.2, 0.25) is 0 Å². The summed E-state index contributed by atoms with van der Waals surface area (Å²) in [4.78, 5) is 1.68. The molecule has 5 nitrogen and oxygen atoms in total. The molecule has 2 bridgehead atoms. The van der Waals surface area contributed by atoms with Crippen LogP contribution in [0.4, 0.5) is 0 Å². The second-order valence-electron chi connectivity index (χ2n) is 5.68. The number of hydrogen-bond donors (Lipinski definition) is 1. The summed E-state index contributed by atoms with van der Waals surface area (Å²) >= 11 is 0. The molecule has 5 rings (SSSR count). The minimum absolute atomic E-state index is 0. The van der Waals surface area contributed by atoms with E-state index >= 15 is 0 Å². The van der Waals surface area contributed by atoms with Crippen molar-refractivity contribution < 1.29 is 27.5 Å². The quantitative estimate of drug-likeness (QED) is 0.637. The molecule has 6 heteroatoms. The third kappa shape index (κ3) is 2.95. The maximum Gasteiger partial charge on any atom is 0.241 e. The average molecular weight is 310 g/mol. The maximum atomic E-state index is 6.21. The van der Waals surface area contributed by atoms with E-state index in [4.69, 9.17) is 4.74 Å².